The summed E-state index contributed by atoms with van der Waals surface area (Å²) in [5, 5.41) is 3.01. The van der Waals surface area contributed by atoms with Gasteiger partial charge in [-0.15, -0.1) is 11.6 Å². The van der Waals surface area contributed by atoms with Gasteiger partial charge in [0.2, 0.25) is 5.91 Å². The Labute approximate surface area is 153 Å². The van der Waals surface area contributed by atoms with Crippen LogP contribution < -0.4 is 14.8 Å². The predicted molar refractivity (Wildman–Crippen MR) is 96.6 cm³/mol. The summed E-state index contributed by atoms with van der Waals surface area (Å²) in [6.07, 6.45) is 2.63. The Balaban J connectivity index is 1.92. The second-order valence-electron chi connectivity index (χ2n) is 6.03. The predicted octanol–water partition coefficient (Wildman–Crippen LogP) is 2.44. The van der Waals surface area contributed by atoms with Crippen molar-refractivity contribution in [3.63, 3.8) is 0 Å². The highest BCUT2D eigenvalue weighted by Crippen LogP contribution is 2.24. The van der Waals surface area contributed by atoms with Crippen molar-refractivity contribution < 1.29 is 19.1 Å². The van der Waals surface area contributed by atoms with Crippen molar-refractivity contribution >= 4 is 23.4 Å². The maximum atomic E-state index is 12.7. The van der Waals surface area contributed by atoms with Gasteiger partial charge in [-0.05, 0) is 31.4 Å². The Kier molecular flexibility index (Phi) is 7.37. The number of ether oxygens (including phenoxy) is 2. The number of hydrogen-bond donors (Lipinski definition) is 1. The van der Waals surface area contributed by atoms with Crippen LogP contribution >= 0.6 is 11.6 Å². The van der Waals surface area contributed by atoms with Gasteiger partial charge in [-0.3, -0.25) is 9.59 Å². The van der Waals surface area contributed by atoms with E-state index in [0.717, 1.165) is 12.8 Å². The maximum absolute atomic E-state index is 12.7. The summed E-state index contributed by atoms with van der Waals surface area (Å²) in [4.78, 5) is 26.3. The van der Waals surface area contributed by atoms with E-state index in [-0.39, 0.29) is 17.9 Å². The molecule has 6 nitrogen and oxygen atoms in total. The largest absolute Gasteiger partial charge is 0.497 e. The van der Waals surface area contributed by atoms with E-state index >= 15 is 0 Å². The summed E-state index contributed by atoms with van der Waals surface area (Å²) in [6, 6.07) is 5.28. The minimum atomic E-state index is -0.0517. The number of methoxy groups -OCH3 is 2. The van der Waals surface area contributed by atoms with E-state index in [1.54, 1.807) is 37.3 Å². The van der Waals surface area contributed by atoms with E-state index in [0.29, 0.717) is 48.9 Å². The molecule has 1 aliphatic rings. The van der Waals surface area contributed by atoms with E-state index in [9.17, 15) is 9.59 Å². The Morgan fingerprint density at radius 3 is 2.28 bits per heavy atom. The summed E-state index contributed by atoms with van der Waals surface area (Å²) in [5.41, 5.74) is 0.542. The molecule has 0 atom stereocenters. The van der Waals surface area contributed by atoms with Gasteiger partial charge in [-0.25, -0.2) is 0 Å². The average molecular weight is 369 g/mol. The molecule has 1 aliphatic heterocycles. The number of rotatable bonds is 7. The third-order valence-electron chi connectivity index (χ3n) is 4.28. The number of carbonyl (C=O) groups excluding carboxylic acids is 2. The number of likely N-dealkylation sites (tertiary alicyclic amines) is 1. The zero-order valence-electron chi connectivity index (χ0n) is 14.7. The molecule has 0 saturated carbocycles. The van der Waals surface area contributed by atoms with Crippen molar-refractivity contribution in [1.29, 1.82) is 0 Å². The Morgan fingerprint density at radius 1 is 1.16 bits per heavy atom. The Bertz CT molecular complexity index is 578. The zero-order chi connectivity index (χ0) is 18.2. The number of carbonyl (C=O) groups is 2. The maximum Gasteiger partial charge on any atom is 0.254 e. The first-order valence-electron chi connectivity index (χ1n) is 8.45. The van der Waals surface area contributed by atoms with Crippen molar-refractivity contribution in [2.24, 2.45) is 0 Å². The van der Waals surface area contributed by atoms with Gasteiger partial charge in [0.15, 0.2) is 0 Å². The van der Waals surface area contributed by atoms with Gasteiger partial charge in [0.25, 0.3) is 5.91 Å². The van der Waals surface area contributed by atoms with Crippen molar-refractivity contribution in [3.05, 3.63) is 23.8 Å². The van der Waals surface area contributed by atoms with Gasteiger partial charge in [0.05, 0.1) is 14.2 Å². The number of halogens is 1. The lowest BCUT2D eigenvalue weighted by atomic mass is 10.0. The third kappa shape index (κ3) is 5.53. The van der Waals surface area contributed by atoms with Gasteiger partial charge in [0.1, 0.15) is 11.5 Å². The monoisotopic (exact) mass is 368 g/mol. The highest BCUT2D eigenvalue weighted by Gasteiger charge is 2.25. The van der Waals surface area contributed by atoms with E-state index < -0.39 is 0 Å². The number of hydrogen-bond acceptors (Lipinski definition) is 4. The van der Waals surface area contributed by atoms with Crippen LogP contribution in [-0.4, -0.2) is 55.9 Å². The van der Waals surface area contributed by atoms with Crippen molar-refractivity contribution in [2.75, 3.05) is 33.2 Å². The van der Waals surface area contributed by atoms with Crippen LogP contribution in [0, 0.1) is 0 Å². The van der Waals surface area contributed by atoms with Crippen molar-refractivity contribution in [3.8, 4) is 11.5 Å². The van der Waals surface area contributed by atoms with Gasteiger partial charge >= 0.3 is 0 Å². The number of piperidine rings is 1. The molecule has 138 valence electrons. The molecule has 1 saturated heterocycles. The molecule has 25 heavy (non-hydrogen) atoms. The van der Waals surface area contributed by atoms with Crippen LogP contribution in [0.15, 0.2) is 18.2 Å². The van der Waals surface area contributed by atoms with Crippen LogP contribution in [0.25, 0.3) is 0 Å². The summed E-state index contributed by atoms with van der Waals surface area (Å²) >= 11 is 5.60. The molecule has 1 aromatic carbocycles. The fraction of sp³-hybridized carbons (Fsp3) is 0.556. The molecule has 1 N–H and O–H groups in total. The smallest absolute Gasteiger partial charge is 0.254 e. The first kappa shape index (κ1) is 19.4. The summed E-state index contributed by atoms with van der Waals surface area (Å²) in [6.45, 7) is 1.22. The van der Waals surface area contributed by atoms with Crippen LogP contribution in [0.3, 0.4) is 0 Å². The Morgan fingerprint density at radius 2 is 1.76 bits per heavy atom. The van der Waals surface area contributed by atoms with Crippen molar-refractivity contribution in [2.45, 2.75) is 31.7 Å². The molecular formula is C18H25ClN2O4. The van der Waals surface area contributed by atoms with Crippen LogP contribution in [0.4, 0.5) is 0 Å². The lowest BCUT2D eigenvalue weighted by Gasteiger charge is -2.32. The quantitative estimate of drug-likeness (QED) is 0.750. The molecule has 1 fully saturated rings. The topological polar surface area (TPSA) is 67.9 Å². The lowest BCUT2D eigenvalue weighted by molar-refractivity contribution is -0.122. The highest BCUT2D eigenvalue weighted by molar-refractivity contribution is 6.17. The van der Waals surface area contributed by atoms with Gasteiger partial charge in [-0.1, -0.05) is 0 Å². The second-order valence-corrected chi connectivity index (χ2v) is 6.41. The first-order chi connectivity index (χ1) is 12.1. The third-order valence-corrected chi connectivity index (χ3v) is 4.55. The summed E-state index contributed by atoms with van der Waals surface area (Å²) in [7, 11) is 3.11. The molecule has 1 heterocycles. The van der Waals surface area contributed by atoms with E-state index in [1.165, 1.54) is 0 Å². The second kappa shape index (κ2) is 9.51. The number of nitrogens with zero attached hydrogens (tertiary/aromatic N) is 1. The number of benzene rings is 1. The molecule has 0 radical (unpaired) electrons. The SMILES string of the molecule is COc1cc(OC)cc(C(=O)N2CCC(NC(=O)CCCCl)CC2)c1. The van der Waals surface area contributed by atoms with Gasteiger partial charge in [-0.2, -0.15) is 0 Å². The molecule has 0 bridgehead atoms. The standard InChI is InChI=1S/C18H25ClN2O4/c1-24-15-10-13(11-16(12-15)25-2)18(23)21-8-5-14(6-9-21)20-17(22)4-3-7-19/h10-12,14H,3-9H2,1-2H3,(H,20,22). The normalized spacial score (nSPS) is 14.9. The van der Waals surface area contributed by atoms with Crippen LogP contribution in [0.2, 0.25) is 0 Å². The summed E-state index contributed by atoms with van der Waals surface area (Å²) < 4.78 is 10.4. The first-order valence-corrected chi connectivity index (χ1v) is 8.98. The molecule has 0 aliphatic carbocycles. The van der Waals surface area contributed by atoms with Gasteiger partial charge in [0, 0.05) is 43.1 Å². The molecular weight excluding hydrogens is 344 g/mol. The fourth-order valence-electron chi connectivity index (χ4n) is 2.87. The van der Waals surface area contributed by atoms with Crippen LogP contribution in [0.5, 0.6) is 11.5 Å². The molecule has 0 spiro atoms. The molecule has 7 heteroatoms. The minimum absolute atomic E-state index is 0.0305. The molecule has 2 amide bonds. The number of amides is 2. The minimum Gasteiger partial charge on any atom is -0.497 e. The fourth-order valence-corrected chi connectivity index (χ4v) is 3.00. The van der Waals surface area contributed by atoms with Gasteiger partial charge < -0.3 is 19.7 Å². The zero-order valence-corrected chi connectivity index (χ0v) is 15.5. The van der Waals surface area contributed by atoms with E-state index in [1.807, 2.05) is 0 Å². The van der Waals surface area contributed by atoms with Crippen LogP contribution in [0.1, 0.15) is 36.0 Å². The molecule has 0 unspecified atom stereocenters. The lowest BCUT2D eigenvalue weighted by Crippen LogP contribution is -2.46. The molecule has 1 aromatic rings. The average Bonchev–Trinajstić information content (AvgIpc) is 2.65. The summed E-state index contributed by atoms with van der Waals surface area (Å²) in [5.74, 6) is 1.64. The Hall–Kier alpha value is -1.95. The van der Waals surface area contributed by atoms with E-state index in [4.69, 9.17) is 21.1 Å². The number of alkyl halides is 1. The van der Waals surface area contributed by atoms with Crippen LogP contribution in [-0.2, 0) is 4.79 Å². The number of nitrogens with one attached hydrogen (secondary N) is 1. The highest BCUT2D eigenvalue weighted by atomic mass is 35.5. The molecule has 0 aromatic heterocycles. The van der Waals surface area contributed by atoms with Crippen molar-refractivity contribution in [1.82, 2.24) is 10.2 Å². The molecule has 2 rings (SSSR count). The van der Waals surface area contributed by atoms with E-state index in [2.05, 4.69) is 5.32 Å².